The van der Waals surface area contributed by atoms with Crippen LogP contribution >= 0.6 is 0 Å². The SMILES string of the molecule is CCN(CC)c1ccc(C(=O)N2CCCC(N(CC(=O)O)C(C)=O)CC2)cc1. The number of rotatable bonds is 7. The van der Waals surface area contributed by atoms with Gasteiger partial charge in [-0.25, -0.2) is 0 Å². The number of anilines is 1. The van der Waals surface area contributed by atoms with Gasteiger partial charge >= 0.3 is 5.97 Å². The molecular formula is C21H31N3O4. The smallest absolute Gasteiger partial charge is 0.323 e. The van der Waals surface area contributed by atoms with Crippen LogP contribution in [0.1, 0.15) is 50.4 Å². The third-order valence-corrected chi connectivity index (χ3v) is 5.38. The van der Waals surface area contributed by atoms with Crippen molar-refractivity contribution < 1.29 is 19.5 Å². The lowest BCUT2D eigenvalue weighted by Gasteiger charge is -2.29. The second kappa shape index (κ2) is 10.1. The molecule has 0 aliphatic carbocycles. The fourth-order valence-corrected chi connectivity index (χ4v) is 3.82. The average Bonchev–Trinajstić information content (AvgIpc) is 2.93. The molecule has 1 heterocycles. The highest BCUT2D eigenvalue weighted by molar-refractivity contribution is 5.94. The molecule has 1 aliphatic rings. The second-order valence-electron chi connectivity index (χ2n) is 7.14. The molecule has 2 rings (SSSR count). The third kappa shape index (κ3) is 5.47. The number of benzene rings is 1. The van der Waals surface area contributed by atoms with Gasteiger partial charge in [0.25, 0.3) is 5.91 Å². The van der Waals surface area contributed by atoms with Crippen molar-refractivity contribution in [3.63, 3.8) is 0 Å². The Balaban J connectivity index is 2.03. The van der Waals surface area contributed by atoms with Gasteiger partial charge in [0.2, 0.25) is 5.91 Å². The molecule has 0 bridgehead atoms. The average molecular weight is 389 g/mol. The van der Waals surface area contributed by atoms with E-state index >= 15 is 0 Å². The van der Waals surface area contributed by atoms with Crippen LogP contribution in [0.5, 0.6) is 0 Å². The maximum absolute atomic E-state index is 12.9. The van der Waals surface area contributed by atoms with Crippen LogP contribution < -0.4 is 4.90 Å². The van der Waals surface area contributed by atoms with E-state index in [0.717, 1.165) is 25.2 Å². The zero-order valence-electron chi connectivity index (χ0n) is 17.1. The normalized spacial score (nSPS) is 17.0. The van der Waals surface area contributed by atoms with Gasteiger partial charge in [0.15, 0.2) is 0 Å². The molecule has 0 radical (unpaired) electrons. The molecular weight excluding hydrogens is 358 g/mol. The summed E-state index contributed by atoms with van der Waals surface area (Å²) in [7, 11) is 0. The van der Waals surface area contributed by atoms with Gasteiger partial charge in [-0.15, -0.1) is 0 Å². The molecule has 154 valence electrons. The van der Waals surface area contributed by atoms with Crippen molar-refractivity contribution in [3.05, 3.63) is 29.8 Å². The Morgan fingerprint density at radius 3 is 2.25 bits per heavy atom. The minimum atomic E-state index is -1.01. The molecule has 1 N–H and O–H groups in total. The molecule has 7 nitrogen and oxygen atoms in total. The fraction of sp³-hybridized carbons (Fsp3) is 0.571. The summed E-state index contributed by atoms with van der Waals surface area (Å²) in [5.41, 5.74) is 1.76. The van der Waals surface area contributed by atoms with Gasteiger partial charge < -0.3 is 19.8 Å². The van der Waals surface area contributed by atoms with Crippen molar-refractivity contribution in [2.75, 3.05) is 37.6 Å². The molecule has 1 atom stereocenters. The van der Waals surface area contributed by atoms with Crippen molar-refractivity contribution in [1.82, 2.24) is 9.80 Å². The van der Waals surface area contributed by atoms with E-state index in [1.54, 1.807) is 0 Å². The van der Waals surface area contributed by atoms with Crippen LogP contribution in [0, 0.1) is 0 Å². The lowest BCUT2D eigenvalue weighted by molar-refractivity contribution is -0.145. The van der Waals surface area contributed by atoms with Crippen LogP contribution in [0.25, 0.3) is 0 Å². The molecule has 1 unspecified atom stereocenters. The Bertz CT molecular complexity index is 685. The Labute approximate surface area is 166 Å². The molecule has 1 aromatic rings. The lowest BCUT2D eigenvalue weighted by Crippen LogP contribution is -2.43. The van der Waals surface area contributed by atoms with Gasteiger partial charge in [-0.3, -0.25) is 14.4 Å². The highest BCUT2D eigenvalue weighted by Gasteiger charge is 2.27. The first-order valence-electron chi connectivity index (χ1n) is 10.0. The van der Waals surface area contributed by atoms with Gasteiger partial charge in [-0.2, -0.15) is 0 Å². The topological polar surface area (TPSA) is 81.2 Å². The molecule has 1 aromatic carbocycles. The summed E-state index contributed by atoms with van der Waals surface area (Å²) in [6.45, 7) is 8.28. The first-order chi connectivity index (χ1) is 13.4. The summed E-state index contributed by atoms with van der Waals surface area (Å²) in [4.78, 5) is 41.2. The van der Waals surface area contributed by atoms with Gasteiger partial charge in [0.05, 0.1) is 0 Å². The summed E-state index contributed by atoms with van der Waals surface area (Å²) >= 11 is 0. The maximum atomic E-state index is 12.9. The Morgan fingerprint density at radius 1 is 1.07 bits per heavy atom. The van der Waals surface area contributed by atoms with E-state index in [1.807, 2.05) is 29.2 Å². The Hall–Kier alpha value is -2.57. The largest absolute Gasteiger partial charge is 0.480 e. The number of hydrogen-bond acceptors (Lipinski definition) is 4. The number of aliphatic carboxylic acids is 1. The molecule has 1 saturated heterocycles. The number of carboxylic acids is 1. The van der Waals surface area contributed by atoms with E-state index in [0.29, 0.717) is 31.5 Å². The molecule has 1 aliphatic heterocycles. The van der Waals surface area contributed by atoms with Crippen LogP contribution in [0.2, 0.25) is 0 Å². The fourth-order valence-electron chi connectivity index (χ4n) is 3.82. The summed E-state index contributed by atoms with van der Waals surface area (Å²) in [6, 6.07) is 7.54. The third-order valence-electron chi connectivity index (χ3n) is 5.38. The van der Waals surface area contributed by atoms with E-state index in [9.17, 15) is 14.4 Å². The summed E-state index contributed by atoms with van der Waals surface area (Å²) in [5.74, 6) is -1.26. The van der Waals surface area contributed by atoms with E-state index < -0.39 is 5.97 Å². The zero-order valence-corrected chi connectivity index (χ0v) is 17.1. The number of hydrogen-bond donors (Lipinski definition) is 1. The van der Waals surface area contributed by atoms with Gasteiger partial charge in [-0.1, -0.05) is 0 Å². The zero-order chi connectivity index (χ0) is 20.7. The minimum Gasteiger partial charge on any atom is -0.480 e. The van der Waals surface area contributed by atoms with Crippen molar-refractivity contribution in [2.24, 2.45) is 0 Å². The van der Waals surface area contributed by atoms with Crippen LogP contribution in [0.15, 0.2) is 24.3 Å². The minimum absolute atomic E-state index is 0.0145. The standard InChI is InChI=1S/C21H31N3O4/c1-4-22(5-2)18-10-8-17(9-11-18)21(28)23-13-6-7-19(12-14-23)24(16(3)25)15-20(26)27/h8-11,19H,4-7,12-15H2,1-3H3,(H,26,27). The van der Waals surface area contributed by atoms with Crippen molar-refractivity contribution in [2.45, 2.75) is 46.1 Å². The van der Waals surface area contributed by atoms with Crippen LogP contribution in [-0.4, -0.2) is 71.5 Å². The van der Waals surface area contributed by atoms with Crippen molar-refractivity contribution >= 4 is 23.5 Å². The van der Waals surface area contributed by atoms with Gasteiger partial charge in [0, 0.05) is 50.4 Å². The van der Waals surface area contributed by atoms with E-state index in [2.05, 4.69) is 18.7 Å². The molecule has 2 amide bonds. The van der Waals surface area contributed by atoms with E-state index in [-0.39, 0.29) is 24.4 Å². The highest BCUT2D eigenvalue weighted by atomic mass is 16.4. The van der Waals surface area contributed by atoms with Gasteiger partial charge in [-0.05, 0) is 57.4 Å². The Morgan fingerprint density at radius 2 is 1.71 bits per heavy atom. The van der Waals surface area contributed by atoms with E-state index in [1.165, 1.54) is 11.8 Å². The number of carbonyl (C=O) groups is 3. The molecule has 1 fully saturated rings. The van der Waals surface area contributed by atoms with Crippen molar-refractivity contribution in [1.29, 1.82) is 0 Å². The Kier molecular flexibility index (Phi) is 7.84. The first-order valence-corrected chi connectivity index (χ1v) is 10.0. The quantitative estimate of drug-likeness (QED) is 0.775. The van der Waals surface area contributed by atoms with Crippen LogP contribution in [-0.2, 0) is 9.59 Å². The number of carboxylic acid groups (broad SMARTS) is 1. The molecule has 0 saturated carbocycles. The van der Waals surface area contributed by atoms with Crippen molar-refractivity contribution in [3.8, 4) is 0 Å². The predicted octanol–water partition coefficient (Wildman–Crippen LogP) is 2.46. The maximum Gasteiger partial charge on any atom is 0.323 e. The second-order valence-corrected chi connectivity index (χ2v) is 7.14. The first kappa shape index (κ1) is 21.7. The van der Waals surface area contributed by atoms with Gasteiger partial charge in [0.1, 0.15) is 6.54 Å². The molecule has 0 spiro atoms. The van der Waals surface area contributed by atoms with Crippen LogP contribution in [0.4, 0.5) is 5.69 Å². The predicted molar refractivity (Wildman–Crippen MR) is 109 cm³/mol. The summed E-state index contributed by atoms with van der Waals surface area (Å²) in [5, 5.41) is 9.06. The highest BCUT2D eigenvalue weighted by Crippen LogP contribution is 2.20. The van der Waals surface area contributed by atoms with Crippen LogP contribution in [0.3, 0.4) is 0 Å². The number of carbonyl (C=O) groups excluding carboxylic acids is 2. The summed E-state index contributed by atoms with van der Waals surface area (Å²) in [6.07, 6.45) is 2.05. The molecule has 28 heavy (non-hydrogen) atoms. The number of likely N-dealkylation sites (tertiary alicyclic amines) is 1. The lowest BCUT2D eigenvalue weighted by atomic mass is 10.1. The number of amides is 2. The van der Waals surface area contributed by atoms with E-state index in [4.69, 9.17) is 5.11 Å². The number of nitrogens with zero attached hydrogens (tertiary/aromatic N) is 3. The molecule has 7 heteroatoms. The molecule has 0 aromatic heterocycles. The summed E-state index contributed by atoms with van der Waals surface area (Å²) < 4.78 is 0. The monoisotopic (exact) mass is 389 g/mol.